The molecule has 0 atom stereocenters. The van der Waals surface area contributed by atoms with E-state index in [1.807, 2.05) is 32.3 Å². The van der Waals surface area contributed by atoms with Gasteiger partial charge in [-0.25, -0.2) is 9.78 Å². The van der Waals surface area contributed by atoms with Crippen LogP contribution in [0.1, 0.15) is 66.9 Å². The molecule has 0 bridgehead atoms. The van der Waals surface area contributed by atoms with Crippen LogP contribution in [-0.4, -0.2) is 44.6 Å². The fourth-order valence-corrected chi connectivity index (χ4v) is 3.60. The topological polar surface area (TPSA) is 141 Å². The van der Waals surface area contributed by atoms with E-state index in [1.165, 1.54) is 0 Å². The van der Waals surface area contributed by atoms with E-state index in [0.717, 1.165) is 5.52 Å². The molecule has 0 fully saturated rings. The van der Waals surface area contributed by atoms with Crippen LogP contribution in [0.15, 0.2) is 36.5 Å². The Bertz CT molecular complexity index is 1230. The summed E-state index contributed by atoms with van der Waals surface area (Å²) < 4.78 is 7.13. The Balaban J connectivity index is 1.77. The molecule has 3 amide bonds. The van der Waals surface area contributed by atoms with Crippen molar-refractivity contribution in [3.8, 4) is 0 Å². The number of nitrogens with one attached hydrogen (secondary N) is 2. The summed E-state index contributed by atoms with van der Waals surface area (Å²) in [5.74, 6) is -0.506. The third-order valence-electron chi connectivity index (χ3n) is 5.20. The molecule has 3 aromatic rings. The maximum Gasteiger partial charge on any atom is 0.407 e. The molecule has 10 nitrogen and oxygen atoms in total. The third-order valence-corrected chi connectivity index (χ3v) is 5.20. The summed E-state index contributed by atoms with van der Waals surface area (Å²) in [5, 5.41) is 5.63. The molecule has 10 heteroatoms. The molecule has 0 radical (unpaired) electrons. The molecular formula is C25H32N6O4. The lowest BCUT2D eigenvalue weighted by Gasteiger charge is -2.19. The van der Waals surface area contributed by atoms with Crippen LogP contribution in [-0.2, 0) is 17.7 Å². The van der Waals surface area contributed by atoms with Crippen molar-refractivity contribution >= 4 is 34.9 Å². The lowest BCUT2D eigenvalue weighted by Crippen LogP contribution is -2.33. The summed E-state index contributed by atoms with van der Waals surface area (Å²) >= 11 is 0. The van der Waals surface area contributed by atoms with Crippen LogP contribution in [0.4, 0.5) is 10.7 Å². The molecule has 1 aromatic carbocycles. The minimum atomic E-state index is -0.553. The number of nitrogens with two attached hydrogens (primary N) is 1. The van der Waals surface area contributed by atoms with E-state index in [9.17, 15) is 14.4 Å². The number of amides is 3. The lowest BCUT2D eigenvalue weighted by molar-refractivity contribution is 0.0526. The van der Waals surface area contributed by atoms with Gasteiger partial charge in [-0.05, 0) is 70.4 Å². The molecule has 0 aliphatic heterocycles. The number of ether oxygens (including phenoxy) is 1. The van der Waals surface area contributed by atoms with Crippen molar-refractivity contribution in [3.05, 3.63) is 53.3 Å². The molecular weight excluding hydrogens is 448 g/mol. The van der Waals surface area contributed by atoms with Crippen LogP contribution in [0.3, 0.4) is 0 Å². The number of anilines is 1. The van der Waals surface area contributed by atoms with Gasteiger partial charge in [0.05, 0.1) is 22.3 Å². The number of pyridine rings is 1. The third kappa shape index (κ3) is 6.78. The number of imidazole rings is 1. The van der Waals surface area contributed by atoms with Gasteiger partial charge < -0.3 is 20.4 Å². The molecule has 0 saturated carbocycles. The molecule has 3 rings (SSSR count). The van der Waals surface area contributed by atoms with E-state index in [0.29, 0.717) is 60.6 Å². The first kappa shape index (κ1) is 25.7. The van der Waals surface area contributed by atoms with E-state index in [4.69, 9.17) is 10.5 Å². The second kappa shape index (κ2) is 11.0. The normalized spacial score (nSPS) is 11.3. The molecule has 0 aliphatic carbocycles. The Labute approximate surface area is 204 Å². The molecule has 0 unspecified atom stereocenters. The zero-order chi connectivity index (χ0) is 25.6. The zero-order valence-electron chi connectivity index (χ0n) is 20.6. The van der Waals surface area contributed by atoms with E-state index in [1.54, 1.807) is 36.5 Å². The molecule has 0 aliphatic rings. The van der Waals surface area contributed by atoms with Gasteiger partial charge in [0.25, 0.3) is 5.91 Å². The van der Waals surface area contributed by atoms with Gasteiger partial charge in [-0.15, -0.1) is 0 Å². The van der Waals surface area contributed by atoms with E-state index >= 15 is 0 Å². The number of carbonyl (C=O) groups is 3. The van der Waals surface area contributed by atoms with Crippen molar-refractivity contribution in [2.45, 2.75) is 59.1 Å². The van der Waals surface area contributed by atoms with Gasteiger partial charge in [0.15, 0.2) is 0 Å². The van der Waals surface area contributed by atoms with Gasteiger partial charge in [0.2, 0.25) is 11.9 Å². The molecule has 2 aromatic heterocycles. The molecule has 0 saturated heterocycles. The molecule has 35 heavy (non-hydrogen) atoms. The Morgan fingerprint density at radius 2 is 1.91 bits per heavy atom. The monoisotopic (exact) mass is 480 g/mol. The van der Waals surface area contributed by atoms with E-state index < -0.39 is 17.6 Å². The smallest absolute Gasteiger partial charge is 0.407 e. The van der Waals surface area contributed by atoms with E-state index in [-0.39, 0.29) is 5.91 Å². The van der Waals surface area contributed by atoms with Crippen LogP contribution < -0.4 is 16.4 Å². The van der Waals surface area contributed by atoms with Crippen molar-refractivity contribution < 1.29 is 19.1 Å². The first-order valence-corrected chi connectivity index (χ1v) is 11.6. The van der Waals surface area contributed by atoms with Gasteiger partial charge in [0, 0.05) is 24.8 Å². The highest BCUT2D eigenvalue weighted by atomic mass is 16.6. The Morgan fingerprint density at radius 1 is 1.14 bits per heavy atom. The lowest BCUT2D eigenvalue weighted by atomic mass is 10.1. The highest BCUT2D eigenvalue weighted by molar-refractivity contribution is 6.05. The summed E-state index contributed by atoms with van der Waals surface area (Å²) in [4.78, 5) is 45.3. The number of alkyl carbamates (subject to hydrolysis) is 1. The van der Waals surface area contributed by atoms with Gasteiger partial charge in [-0.1, -0.05) is 6.92 Å². The van der Waals surface area contributed by atoms with Crippen molar-refractivity contribution in [1.29, 1.82) is 0 Å². The maximum atomic E-state index is 13.0. The average molecular weight is 481 g/mol. The van der Waals surface area contributed by atoms with Gasteiger partial charge in [-0.3, -0.25) is 19.9 Å². The number of nitrogens with zero attached hydrogens (tertiary/aromatic N) is 3. The Hall–Kier alpha value is -3.95. The van der Waals surface area contributed by atoms with Crippen LogP contribution in [0, 0.1) is 0 Å². The first-order chi connectivity index (χ1) is 16.6. The highest BCUT2D eigenvalue weighted by Gasteiger charge is 2.18. The fraction of sp³-hybridized carbons (Fsp3) is 0.400. The number of hydrogen-bond donors (Lipinski definition) is 3. The van der Waals surface area contributed by atoms with Crippen molar-refractivity contribution in [3.63, 3.8) is 0 Å². The Kier molecular flexibility index (Phi) is 8.06. The number of benzene rings is 1. The number of aromatic nitrogens is 3. The first-order valence-electron chi connectivity index (χ1n) is 11.6. The predicted octanol–water partition coefficient (Wildman–Crippen LogP) is 3.65. The standard InChI is InChI=1S/C25H32N6O4/c1-5-18-17(9-8-13-27-18)22(33)30-23-29-19-15-16(21(26)32)10-11-20(19)31(23)14-7-6-12-28-24(34)35-25(2,3)4/h8-11,13,15H,5-7,12,14H2,1-4H3,(H2,26,32)(H,28,34)(H,29,30,33). The van der Waals surface area contributed by atoms with Crippen molar-refractivity contribution in [1.82, 2.24) is 19.9 Å². The summed E-state index contributed by atoms with van der Waals surface area (Å²) in [6.45, 7) is 8.35. The summed E-state index contributed by atoms with van der Waals surface area (Å²) in [7, 11) is 0. The van der Waals surface area contributed by atoms with Crippen molar-refractivity contribution in [2.75, 3.05) is 11.9 Å². The van der Waals surface area contributed by atoms with Gasteiger partial charge in [-0.2, -0.15) is 0 Å². The number of aryl methyl sites for hydroxylation is 2. The number of carbonyl (C=O) groups excluding carboxylic acids is 3. The van der Waals surface area contributed by atoms with Crippen LogP contribution in [0.2, 0.25) is 0 Å². The maximum absolute atomic E-state index is 13.0. The van der Waals surface area contributed by atoms with Crippen LogP contribution >= 0.6 is 0 Å². The molecule has 0 spiro atoms. The zero-order valence-corrected chi connectivity index (χ0v) is 20.6. The number of unbranched alkanes of at least 4 members (excludes halogenated alkanes) is 1. The SMILES string of the molecule is CCc1ncccc1C(=O)Nc1nc2cc(C(N)=O)ccc2n1CCCCNC(=O)OC(C)(C)C. The minimum absolute atomic E-state index is 0.312. The predicted molar refractivity (Wildman–Crippen MR) is 133 cm³/mol. The largest absolute Gasteiger partial charge is 0.444 e. The fourth-order valence-electron chi connectivity index (χ4n) is 3.60. The number of fused-ring (bicyclic) bond motifs is 1. The van der Waals surface area contributed by atoms with E-state index in [2.05, 4.69) is 20.6 Å². The second-order valence-corrected chi connectivity index (χ2v) is 9.10. The number of rotatable bonds is 9. The van der Waals surface area contributed by atoms with Crippen LogP contribution in [0.5, 0.6) is 0 Å². The molecule has 4 N–H and O–H groups in total. The van der Waals surface area contributed by atoms with Crippen molar-refractivity contribution in [2.24, 2.45) is 5.73 Å². The van der Waals surface area contributed by atoms with Gasteiger partial charge >= 0.3 is 6.09 Å². The quantitative estimate of drug-likeness (QED) is 0.399. The van der Waals surface area contributed by atoms with Gasteiger partial charge in [0.1, 0.15) is 5.60 Å². The highest BCUT2D eigenvalue weighted by Crippen LogP contribution is 2.23. The summed E-state index contributed by atoms with van der Waals surface area (Å²) in [5.41, 5.74) is 7.68. The summed E-state index contributed by atoms with van der Waals surface area (Å²) in [6, 6.07) is 8.44. The number of primary amides is 1. The Morgan fingerprint density at radius 3 is 2.60 bits per heavy atom. The van der Waals surface area contributed by atoms with Crippen LogP contribution in [0.25, 0.3) is 11.0 Å². The summed E-state index contributed by atoms with van der Waals surface area (Å²) in [6.07, 6.45) is 3.21. The second-order valence-electron chi connectivity index (χ2n) is 9.10. The molecule has 186 valence electrons. The minimum Gasteiger partial charge on any atom is -0.444 e. The number of hydrogen-bond acceptors (Lipinski definition) is 6. The molecule has 2 heterocycles. The average Bonchev–Trinajstić information content (AvgIpc) is 3.13.